The van der Waals surface area contributed by atoms with E-state index in [1.54, 1.807) is 0 Å². The third-order valence-corrected chi connectivity index (χ3v) is 6.20. The molecular formula is C26H53. The van der Waals surface area contributed by atoms with E-state index in [9.17, 15) is 0 Å². The molecule has 0 aromatic rings. The lowest BCUT2D eigenvalue weighted by Crippen LogP contribution is -1.96. The SMILES string of the molecule is [CH2]CC(CC)CCCCCCCCCCCCCCCCCCCCC. The van der Waals surface area contributed by atoms with Crippen molar-refractivity contribution in [2.45, 2.75) is 155 Å². The summed E-state index contributed by atoms with van der Waals surface area (Å²) in [5, 5.41) is 0. The van der Waals surface area contributed by atoms with Crippen LogP contribution in [-0.4, -0.2) is 0 Å². The lowest BCUT2D eigenvalue weighted by molar-refractivity contribution is 0.440. The smallest absolute Gasteiger partial charge is 0.0417 e. The van der Waals surface area contributed by atoms with E-state index >= 15 is 0 Å². The minimum Gasteiger partial charge on any atom is -0.0654 e. The number of hydrogen-bond acceptors (Lipinski definition) is 0. The number of unbranched alkanes of at least 4 members (excludes halogenated alkanes) is 18. The molecule has 0 aliphatic carbocycles. The zero-order valence-corrected chi connectivity index (χ0v) is 18.8. The minimum absolute atomic E-state index is 0.890. The first-order chi connectivity index (χ1) is 12.8. The molecule has 0 aromatic heterocycles. The summed E-state index contributed by atoms with van der Waals surface area (Å²) in [7, 11) is 0. The maximum absolute atomic E-state index is 4.06. The van der Waals surface area contributed by atoms with Gasteiger partial charge in [-0.15, -0.1) is 0 Å². The Kier molecular flexibility index (Phi) is 23.0. The van der Waals surface area contributed by atoms with Crippen LogP contribution >= 0.6 is 0 Å². The van der Waals surface area contributed by atoms with E-state index in [-0.39, 0.29) is 0 Å². The Bertz CT molecular complexity index is 228. The van der Waals surface area contributed by atoms with Crippen LogP contribution in [0.15, 0.2) is 0 Å². The Balaban J connectivity index is 3.03. The number of hydrogen-bond donors (Lipinski definition) is 0. The van der Waals surface area contributed by atoms with Crippen LogP contribution in [0.1, 0.15) is 155 Å². The highest BCUT2D eigenvalue weighted by Crippen LogP contribution is 2.18. The van der Waals surface area contributed by atoms with Crippen LogP contribution in [0.25, 0.3) is 0 Å². The van der Waals surface area contributed by atoms with Crippen LogP contribution in [-0.2, 0) is 0 Å². The molecule has 0 aliphatic heterocycles. The van der Waals surface area contributed by atoms with E-state index in [1.807, 2.05) is 0 Å². The normalized spacial score (nSPS) is 11.5. The molecule has 0 aromatic carbocycles. The first-order valence-electron chi connectivity index (χ1n) is 12.6. The van der Waals surface area contributed by atoms with Crippen molar-refractivity contribution < 1.29 is 0 Å². The van der Waals surface area contributed by atoms with Crippen molar-refractivity contribution >= 4 is 0 Å². The highest BCUT2D eigenvalue weighted by molar-refractivity contribution is 4.59. The van der Waals surface area contributed by atoms with E-state index in [2.05, 4.69) is 20.8 Å². The zero-order chi connectivity index (χ0) is 19.1. The molecule has 0 spiro atoms. The van der Waals surface area contributed by atoms with Crippen molar-refractivity contribution in [3.8, 4) is 0 Å². The van der Waals surface area contributed by atoms with Gasteiger partial charge in [0.05, 0.1) is 0 Å². The first kappa shape index (κ1) is 26.0. The van der Waals surface area contributed by atoms with Gasteiger partial charge in [0.25, 0.3) is 0 Å². The Morgan fingerprint density at radius 1 is 0.462 bits per heavy atom. The first-order valence-corrected chi connectivity index (χ1v) is 12.6. The summed E-state index contributed by atoms with van der Waals surface area (Å²) in [6.45, 7) is 8.67. The van der Waals surface area contributed by atoms with E-state index in [1.165, 1.54) is 135 Å². The number of rotatable bonds is 22. The quantitative estimate of drug-likeness (QED) is 0.167. The summed E-state index contributed by atoms with van der Waals surface area (Å²) in [6.07, 6.45) is 31.8. The summed E-state index contributed by atoms with van der Waals surface area (Å²) in [5.74, 6) is 0.890. The largest absolute Gasteiger partial charge is 0.0654 e. The lowest BCUT2D eigenvalue weighted by atomic mass is 9.95. The van der Waals surface area contributed by atoms with Crippen molar-refractivity contribution in [2.75, 3.05) is 0 Å². The van der Waals surface area contributed by atoms with E-state index in [4.69, 9.17) is 0 Å². The van der Waals surface area contributed by atoms with Gasteiger partial charge in [-0.05, 0) is 5.92 Å². The fourth-order valence-corrected chi connectivity index (χ4v) is 4.06. The molecule has 1 radical (unpaired) electrons. The van der Waals surface area contributed by atoms with E-state index < -0.39 is 0 Å². The van der Waals surface area contributed by atoms with Gasteiger partial charge < -0.3 is 0 Å². The molecule has 0 heteroatoms. The molecule has 1 atom stereocenters. The third kappa shape index (κ3) is 20.3. The summed E-state index contributed by atoms with van der Waals surface area (Å²) >= 11 is 0. The average Bonchev–Trinajstić information content (AvgIpc) is 2.66. The fraction of sp³-hybridized carbons (Fsp3) is 0.962. The van der Waals surface area contributed by atoms with Crippen molar-refractivity contribution in [1.82, 2.24) is 0 Å². The molecule has 0 amide bonds. The molecule has 0 saturated carbocycles. The molecular weight excluding hydrogens is 312 g/mol. The van der Waals surface area contributed by atoms with Gasteiger partial charge in [-0.2, -0.15) is 0 Å². The van der Waals surface area contributed by atoms with Crippen molar-refractivity contribution in [3.63, 3.8) is 0 Å². The van der Waals surface area contributed by atoms with Crippen LogP contribution in [0, 0.1) is 12.8 Å². The molecule has 0 rings (SSSR count). The van der Waals surface area contributed by atoms with E-state index in [0.717, 1.165) is 12.3 Å². The van der Waals surface area contributed by atoms with Gasteiger partial charge in [0.15, 0.2) is 0 Å². The molecule has 0 aliphatic rings. The molecule has 0 N–H and O–H groups in total. The molecule has 1 unspecified atom stereocenters. The van der Waals surface area contributed by atoms with Crippen LogP contribution in [0.3, 0.4) is 0 Å². The summed E-state index contributed by atoms with van der Waals surface area (Å²) in [6, 6.07) is 0. The molecule has 157 valence electrons. The van der Waals surface area contributed by atoms with Gasteiger partial charge in [0.2, 0.25) is 0 Å². The summed E-state index contributed by atoms with van der Waals surface area (Å²) in [4.78, 5) is 0. The molecule has 26 heavy (non-hydrogen) atoms. The predicted octanol–water partition coefficient (Wildman–Crippen LogP) is 10.1. The van der Waals surface area contributed by atoms with Gasteiger partial charge in [-0.1, -0.05) is 162 Å². The predicted molar refractivity (Wildman–Crippen MR) is 122 cm³/mol. The van der Waals surface area contributed by atoms with Gasteiger partial charge in [-0.25, -0.2) is 0 Å². The fourth-order valence-electron chi connectivity index (χ4n) is 4.06. The lowest BCUT2D eigenvalue weighted by Gasteiger charge is -2.11. The Morgan fingerprint density at radius 3 is 1.04 bits per heavy atom. The van der Waals surface area contributed by atoms with Crippen LogP contribution < -0.4 is 0 Å². The van der Waals surface area contributed by atoms with Crippen LogP contribution in [0.5, 0.6) is 0 Å². The second kappa shape index (κ2) is 23.0. The Morgan fingerprint density at radius 2 is 0.769 bits per heavy atom. The van der Waals surface area contributed by atoms with Gasteiger partial charge in [0.1, 0.15) is 0 Å². The molecule has 0 bridgehead atoms. The van der Waals surface area contributed by atoms with Crippen LogP contribution in [0.4, 0.5) is 0 Å². The molecule has 0 heterocycles. The van der Waals surface area contributed by atoms with Crippen molar-refractivity contribution in [1.29, 1.82) is 0 Å². The zero-order valence-electron chi connectivity index (χ0n) is 18.8. The summed E-state index contributed by atoms with van der Waals surface area (Å²) < 4.78 is 0. The Labute approximate surface area is 168 Å². The highest BCUT2D eigenvalue weighted by atomic mass is 14.1. The maximum Gasteiger partial charge on any atom is -0.0417 e. The van der Waals surface area contributed by atoms with Crippen molar-refractivity contribution in [2.24, 2.45) is 5.92 Å². The van der Waals surface area contributed by atoms with Gasteiger partial charge in [0, 0.05) is 0 Å². The maximum atomic E-state index is 4.06. The molecule has 0 saturated heterocycles. The minimum atomic E-state index is 0.890. The van der Waals surface area contributed by atoms with Crippen LogP contribution in [0.2, 0.25) is 0 Å². The summed E-state index contributed by atoms with van der Waals surface area (Å²) in [5.41, 5.74) is 0. The molecule has 0 nitrogen and oxygen atoms in total. The monoisotopic (exact) mass is 365 g/mol. The molecule has 0 fully saturated rings. The second-order valence-corrected chi connectivity index (χ2v) is 8.72. The standard InChI is InChI=1S/C26H53/c1-4-7-8-9-10-11-12-13-14-15-16-17-18-19-20-21-22-23-24-25-26(5-2)6-3/h26H,2,4-25H2,1,3H3. The van der Waals surface area contributed by atoms with Gasteiger partial charge in [-0.3, -0.25) is 0 Å². The Hall–Kier alpha value is 0. The van der Waals surface area contributed by atoms with E-state index in [0.29, 0.717) is 0 Å². The van der Waals surface area contributed by atoms with Crippen molar-refractivity contribution in [3.05, 3.63) is 6.92 Å². The van der Waals surface area contributed by atoms with Gasteiger partial charge >= 0.3 is 0 Å². The third-order valence-electron chi connectivity index (χ3n) is 6.20. The topological polar surface area (TPSA) is 0 Å². The highest BCUT2D eigenvalue weighted by Gasteiger charge is 2.02. The second-order valence-electron chi connectivity index (χ2n) is 8.72. The average molecular weight is 366 g/mol.